The van der Waals surface area contributed by atoms with Gasteiger partial charge in [-0.1, -0.05) is 23.7 Å². The number of hydrogen-bond acceptors (Lipinski definition) is 8. The molecule has 0 spiro atoms. The van der Waals surface area contributed by atoms with Crippen LogP contribution in [0.4, 0.5) is 11.5 Å². The second-order valence-electron chi connectivity index (χ2n) is 12.2. The van der Waals surface area contributed by atoms with Crippen molar-refractivity contribution in [2.45, 2.75) is 64.1 Å². The van der Waals surface area contributed by atoms with Crippen LogP contribution in [0.25, 0.3) is 0 Å². The molecule has 1 aromatic heterocycles. The third-order valence-electron chi connectivity index (χ3n) is 8.70. The third kappa shape index (κ3) is 7.71. The Balaban J connectivity index is 1.36. The van der Waals surface area contributed by atoms with Crippen LogP contribution >= 0.6 is 11.6 Å². The molecule has 45 heavy (non-hydrogen) atoms. The van der Waals surface area contributed by atoms with Gasteiger partial charge in [-0.05, 0) is 98.5 Å². The maximum Gasteiger partial charge on any atom is 0.319 e. The van der Waals surface area contributed by atoms with Crippen molar-refractivity contribution in [3.63, 3.8) is 0 Å². The number of amides is 1. The quantitative estimate of drug-likeness (QED) is 0.258. The lowest BCUT2D eigenvalue weighted by Gasteiger charge is -2.37. The van der Waals surface area contributed by atoms with E-state index in [1.54, 1.807) is 12.0 Å². The van der Waals surface area contributed by atoms with E-state index in [1.165, 1.54) is 7.11 Å². The predicted molar refractivity (Wildman–Crippen MR) is 177 cm³/mol. The van der Waals surface area contributed by atoms with Crippen LogP contribution in [0.15, 0.2) is 54.7 Å². The zero-order valence-corrected chi connectivity index (χ0v) is 27.5. The van der Waals surface area contributed by atoms with Gasteiger partial charge in [-0.25, -0.2) is 4.98 Å². The van der Waals surface area contributed by atoms with Crippen molar-refractivity contribution in [3.8, 4) is 11.5 Å². The number of methoxy groups -OCH3 is 2. The van der Waals surface area contributed by atoms with E-state index in [0.29, 0.717) is 34.3 Å². The number of pyridine rings is 1. The third-order valence-corrected chi connectivity index (χ3v) is 8.95. The zero-order valence-electron chi connectivity index (χ0n) is 26.7. The summed E-state index contributed by atoms with van der Waals surface area (Å²) in [6.45, 7) is 5.12. The molecule has 1 saturated carbocycles. The molecule has 0 radical (unpaired) electrons. The van der Waals surface area contributed by atoms with Crippen molar-refractivity contribution in [1.29, 1.82) is 0 Å². The number of halogens is 1. The molecule has 1 aliphatic carbocycles. The average Bonchev–Trinajstić information content (AvgIpc) is 3.04. The van der Waals surface area contributed by atoms with Crippen molar-refractivity contribution < 1.29 is 23.8 Å². The molecule has 2 aromatic carbocycles. The van der Waals surface area contributed by atoms with E-state index in [4.69, 9.17) is 30.8 Å². The molecule has 1 fully saturated rings. The maximum atomic E-state index is 13.8. The van der Waals surface area contributed by atoms with Gasteiger partial charge in [0.2, 0.25) is 5.91 Å². The fourth-order valence-electron chi connectivity index (χ4n) is 6.38. The lowest BCUT2D eigenvalue weighted by molar-refractivity contribution is -0.139. The van der Waals surface area contributed by atoms with Crippen LogP contribution in [0.1, 0.15) is 62.3 Å². The van der Waals surface area contributed by atoms with Crippen molar-refractivity contribution in [3.05, 3.63) is 76.4 Å². The summed E-state index contributed by atoms with van der Waals surface area (Å²) in [6.07, 6.45) is 6.27. The molecule has 1 unspecified atom stereocenters. The van der Waals surface area contributed by atoms with E-state index in [9.17, 15) is 9.59 Å². The van der Waals surface area contributed by atoms with Gasteiger partial charge in [-0.3, -0.25) is 14.5 Å². The van der Waals surface area contributed by atoms with Gasteiger partial charge in [0.05, 0.1) is 51.2 Å². The summed E-state index contributed by atoms with van der Waals surface area (Å²) in [5.41, 5.74) is 3.78. The van der Waals surface area contributed by atoms with Crippen molar-refractivity contribution in [2.24, 2.45) is 5.92 Å². The molecule has 10 heteroatoms. The first-order valence-electron chi connectivity index (χ1n) is 15.6. The number of carbonyl (C=O) groups excluding carboxylic acids is 2. The Bertz CT molecular complexity index is 1470. The SMILES string of the molecule is COC(=O)CNC1CCC(CN(C)c2ccc(N3C(=O)Cc4cc(OC)c(OC(C)C)cc4C3c3ccc(Cl)cc3)nc2)CC1. The van der Waals surface area contributed by atoms with E-state index >= 15 is 0 Å². The minimum atomic E-state index is -0.419. The Morgan fingerprint density at radius 1 is 1.07 bits per heavy atom. The number of ether oxygens (including phenoxy) is 3. The first kappa shape index (κ1) is 32.6. The van der Waals surface area contributed by atoms with Gasteiger partial charge < -0.3 is 24.4 Å². The summed E-state index contributed by atoms with van der Waals surface area (Å²) in [5.74, 6) is 2.11. The van der Waals surface area contributed by atoms with E-state index in [-0.39, 0.29) is 30.9 Å². The molecule has 1 atom stereocenters. The molecule has 1 amide bonds. The number of fused-ring (bicyclic) bond motifs is 1. The standard InChI is InChI=1S/C35H43ClN4O5/c1-22(2)45-31-18-29-25(16-30(31)43-4)17-33(41)40(35(29)24-8-10-26(36)11-9-24)32-15-14-28(19-38-32)39(3)21-23-6-12-27(13-7-23)37-20-34(42)44-5/h8-11,14-16,18-19,22-23,27,35,37H,6-7,12-13,17,20-21H2,1-5H3. The van der Waals surface area contributed by atoms with E-state index in [2.05, 4.69) is 17.3 Å². The Hall–Kier alpha value is -3.82. The van der Waals surface area contributed by atoms with E-state index in [0.717, 1.165) is 54.6 Å². The molecule has 1 N–H and O–H groups in total. The van der Waals surface area contributed by atoms with Gasteiger partial charge in [0.15, 0.2) is 11.5 Å². The van der Waals surface area contributed by atoms with Crippen LogP contribution < -0.4 is 24.6 Å². The first-order chi connectivity index (χ1) is 21.7. The van der Waals surface area contributed by atoms with E-state index in [1.807, 2.05) is 68.6 Å². The van der Waals surface area contributed by atoms with Gasteiger partial charge in [0, 0.05) is 24.7 Å². The lowest BCUT2D eigenvalue weighted by atomic mass is 9.85. The minimum absolute atomic E-state index is 0.0447. The van der Waals surface area contributed by atoms with Crippen LogP contribution in [0.3, 0.4) is 0 Å². The molecule has 240 valence electrons. The summed E-state index contributed by atoms with van der Waals surface area (Å²) in [5, 5.41) is 3.94. The van der Waals surface area contributed by atoms with Gasteiger partial charge in [0.1, 0.15) is 5.82 Å². The van der Waals surface area contributed by atoms with Crippen molar-refractivity contribution in [1.82, 2.24) is 10.3 Å². The number of anilines is 2. The number of aromatic nitrogens is 1. The Morgan fingerprint density at radius 3 is 2.42 bits per heavy atom. The molecule has 2 heterocycles. The second kappa shape index (κ2) is 14.5. The van der Waals surface area contributed by atoms with Crippen molar-refractivity contribution in [2.75, 3.05) is 44.2 Å². The second-order valence-corrected chi connectivity index (χ2v) is 12.6. The van der Waals surface area contributed by atoms with Crippen LogP contribution in [0.2, 0.25) is 5.02 Å². The number of esters is 1. The number of benzene rings is 2. The largest absolute Gasteiger partial charge is 0.493 e. The van der Waals surface area contributed by atoms with Crippen LogP contribution in [0, 0.1) is 5.92 Å². The van der Waals surface area contributed by atoms with Crippen LogP contribution in [-0.4, -0.2) is 63.4 Å². The molecule has 3 aromatic rings. The topological polar surface area (TPSA) is 93.2 Å². The van der Waals surface area contributed by atoms with Crippen molar-refractivity contribution >= 4 is 35.0 Å². The molecule has 9 nitrogen and oxygen atoms in total. The lowest BCUT2D eigenvalue weighted by Crippen LogP contribution is -2.41. The minimum Gasteiger partial charge on any atom is -0.493 e. The summed E-state index contributed by atoms with van der Waals surface area (Å²) in [7, 11) is 5.11. The molecular formula is C35H43ClN4O5. The molecular weight excluding hydrogens is 592 g/mol. The number of rotatable bonds is 11. The fraction of sp³-hybridized carbons (Fsp3) is 0.457. The highest BCUT2D eigenvalue weighted by Crippen LogP contribution is 2.43. The Kier molecular flexibility index (Phi) is 10.5. The highest BCUT2D eigenvalue weighted by molar-refractivity contribution is 6.30. The molecule has 5 rings (SSSR count). The normalized spacial score (nSPS) is 19.7. The number of nitrogens with zero attached hydrogens (tertiary/aromatic N) is 3. The summed E-state index contributed by atoms with van der Waals surface area (Å²) in [6, 6.07) is 15.4. The average molecular weight is 635 g/mol. The Morgan fingerprint density at radius 2 is 1.80 bits per heavy atom. The predicted octanol–water partition coefficient (Wildman–Crippen LogP) is 5.97. The number of nitrogens with one attached hydrogen (secondary N) is 1. The number of hydrogen-bond donors (Lipinski definition) is 1. The molecule has 0 saturated heterocycles. The van der Waals surface area contributed by atoms with Crippen LogP contribution in [-0.2, 0) is 20.7 Å². The maximum absolute atomic E-state index is 13.8. The summed E-state index contributed by atoms with van der Waals surface area (Å²) < 4.78 is 16.5. The smallest absolute Gasteiger partial charge is 0.319 e. The fourth-order valence-corrected chi connectivity index (χ4v) is 6.51. The van der Waals surface area contributed by atoms with Gasteiger partial charge >= 0.3 is 5.97 Å². The number of carbonyl (C=O) groups is 2. The highest BCUT2D eigenvalue weighted by Gasteiger charge is 2.37. The molecule has 2 aliphatic rings. The van der Waals surface area contributed by atoms with Gasteiger partial charge in [-0.2, -0.15) is 0 Å². The Labute approximate surface area is 270 Å². The van der Waals surface area contributed by atoms with E-state index < -0.39 is 6.04 Å². The summed E-state index contributed by atoms with van der Waals surface area (Å²) in [4.78, 5) is 34.1. The first-order valence-corrected chi connectivity index (χ1v) is 16.0. The monoisotopic (exact) mass is 634 g/mol. The highest BCUT2D eigenvalue weighted by atomic mass is 35.5. The van der Waals surface area contributed by atoms with Crippen LogP contribution in [0.5, 0.6) is 11.5 Å². The molecule has 0 bridgehead atoms. The summed E-state index contributed by atoms with van der Waals surface area (Å²) >= 11 is 6.26. The van der Waals surface area contributed by atoms with Gasteiger partial charge in [-0.15, -0.1) is 0 Å². The van der Waals surface area contributed by atoms with Gasteiger partial charge in [0.25, 0.3) is 0 Å². The zero-order chi connectivity index (χ0) is 32.1. The molecule has 1 aliphatic heterocycles.